The minimum absolute atomic E-state index is 0.0625. The molecule has 29 heavy (non-hydrogen) atoms. The highest BCUT2D eigenvalue weighted by Gasteiger charge is 2.18. The summed E-state index contributed by atoms with van der Waals surface area (Å²) < 4.78 is 15.6. The number of hydrogen-bond donors (Lipinski definition) is 0. The van der Waals surface area contributed by atoms with Gasteiger partial charge in [0.05, 0.1) is 16.7 Å². The van der Waals surface area contributed by atoms with Gasteiger partial charge in [0.15, 0.2) is 5.16 Å². The number of benzene rings is 2. The van der Waals surface area contributed by atoms with Crippen molar-refractivity contribution in [2.75, 3.05) is 12.8 Å². The molecule has 0 aliphatic rings. The molecule has 1 amide bonds. The van der Waals surface area contributed by atoms with Gasteiger partial charge in [-0.25, -0.2) is 9.37 Å². The van der Waals surface area contributed by atoms with Crippen LogP contribution in [-0.2, 0) is 11.3 Å². The first-order valence-corrected chi connectivity index (χ1v) is 10.5. The molecular formula is C21H21ClFN3O2S. The molecule has 1 heterocycles. The van der Waals surface area contributed by atoms with Gasteiger partial charge in [0, 0.05) is 30.2 Å². The number of carbonyl (C=O) groups excluding carboxylic acids is 1. The number of nitrogens with zero attached hydrogens (tertiary/aromatic N) is 3. The zero-order valence-electron chi connectivity index (χ0n) is 16.4. The van der Waals surface area contributed by atoms with Gasteiger partial charge in [-0.05, 0) is 38.1 Å². The Balaban J connectivity index is 1.80. The van der Waals surface area contributed by atoms with Crippen molar-refractivity contribution in [3.05, 3.63) is 69.2 Å². The Morgan fingerprint density at radius 1 is 1.24 bits per heavy atom. The lowest BCUT2D eigenvalue weighted by Gasteiger charge is -2.19. The number of rotatable bonds is 6. The first kappa shape index (κ1) is 21.3. The highest BCUT2D eigenvalue weighted by atomic mass is 35.5. The average Bonchev–Trinajstić information content (AvgIpc) is 2.68. The lowest BCUT2D eigenvalue weighted by Crippen LogP contribution is -2.29. The predicted octanol–water partition coefficient (Wildman–Crippen LogP) is 4.52. The fourth-order valence-electron chi connectivity index (χ4n) is 2.93. The van der Waals surface area contributed by atoms with E-state index in [1.54, 1.807) is 35.9 Å². The van der Waals surface area contributed by atoms with Crippen molar-refractivity contribution < 1.29 is 9.18 Å². The third-order valence-corrected chi connectivity index (χ3v) is 5.79. The van der Waals surface area contributed by atoms with Crippen LogP contribution >= 0.6 is 23.4 Å². The van der Waals surface area contributed by atoms with E-state index in [4.69, 9.17) is 11.6 Å². The van der Waals surface area contributed by atoms with Gasteiger partial charge in [-0.2, -0.15) is 0 Å². The van der Waals surface area contributed by atoms with Crippen LogP contribution in [0.2, 0.25) is 5.02 Å². The van der Waals surface area contributed by atoms with Gasteiger partial charge in [0.2, 0.25) is 5.91 Å². The van der Waals surface area contributed by atoms with Gasteiger partial charge in [0.1, 0.15) is 5.82 Å². The van der Waals surface area contributed by atoms with E-state index in [1.807, 2.05) is 19.9 Å². The molecule has 2 aromatic carbocycles. The number of thioether (sulfide) groups is 1. The molecule has 0 atom stereocenters. The Morgan fingerprint density at radius 3 is 2.66 bits per heavy atom. The third-order valence-electron chi connectivity index (χ3n) is 4.50. The molecular weight excluding hydrogens is 413 g/mol. The maximum atomic E-state index is 14.0. The summed E-state index contributed by atoms with van der Waals surface area (Å²) in [6.45, 7) is 3.86. The topological polar surface area (TPSA) is 55.2 Å². The number of aromatic nitrogens is 2. The Morgan fingerprint density at radius 2 is 1.97 bits per heavy atom. The monoisotopic (exact) mass is 433 g/mol. The van der Waals surface area contributed by atoms with E-state index in [1.165, 1.54) is 28.8 Å². The zero-order chi connectivity index (χ0) is 21.1. The lowest BCUT2D eigenvalue weighted by molar-refractivity contribution is -0.127. The molecule has 0 saturated carbocycles. The zero-order valence-corrected chi connectivity index (χ0v) is 17.9. The highest BCUT2D eigenvalue weighted by Crippen LogP contribution is 2.23. The van der Waals surface area contributed by atoms with Crippen molar-refractivity contribution in [1.29, 1.82) is 0 Å². The van der Waals surface area contributed by atoms with Gasteiger partial charge in [0.25, 0.3) is 5.56 Å². The number of fused-ring (bicyclic) bond motifs is 1. The summed E-state index contributed by atoms with van der Waals surface area (Å²) in [5.41, 5.74) is 0.737. The summed E-state index contributed by atoms with van der Waals surface area (Å²) in [7, 11) is 1.59. The normalized spacial score (nSPS) is 11.2. The van der Waals surface area contributed by atoms with Crippen LogP contribution in [0.15, 0.2) is 52.4 Å². The number of carbonyl (C=O) groups is 1. The summed E-state index contributed by atoms with van der Waals surface area (Å²) in [6, 6.07) is 11.5. The van der Waals surface area contributed by atoms with E-state index in [2.05, 4.69) is 4.98 Å². The molecule has 3 aromatic rings. The smallest absolute Gasteiger partial charge is 0.262 e. The quantitative estimate of drug-likeness (QED) is 0.423. The van der Waals surface area contributed by atoms with Crippen molar-refractivity contribution in [3.8, 4) is 0 Å². The number of para-hydroxylation sites is 1. The van der Waals surface area contributed by atoms with E-state index < -0.39 is 5.82 Å². The molecule has 5 nitrogen and oxygen atoms in total. The maximum Gasteiger partial charge on any atom is 0.262 e. The van der Waals surface area contributed by atoms with E-state index in [0.29, 0.717) is 16.1 Å². The molecule has 0 spiro atoms. The van der Waals surface area contributed by atoms with Gasteiger partial charge >= 0.3 is 0 Å². The second-order valence-corrected chi connectivity index (χ2v) is 8.27. The van der Waals surface area contributed by atoms with E-state index in [9.17, 15) is 14.0 Å². The van der Waals surface area contributed by atoms with E-state index in [-0.39, 0.29) is 40.4 Å². The van der Waals surface area contributed by atoms with Crippen LogP contribution in [0.1, 0.15) is 25.5 Å². The number of amides is 1. The maximum absolute atomic E-state index is 14.0. The standard InChI is InChI=1S/C21H21ClFN3O2S/c1-13(2)26-20(28)14-7-4-5-10-18(14)24-21(26)29-12-19(27)25(3)11-15-16(22)8-6-9-17(15)23/h4-10,13H,11-12H2,1-3H3. The van der Waals surface area contributed by atoms with Crippen LogP contribution in [0.3, 0.4) is 0 Å². The van der Waals surface area contributed by atoms with Crippen molar-refractivity contribution in [1.82, 2.24) is 14.5 Å². The second-order valence-electron chi connectivity index (χ2n) is 6.92. The molecule has 0 bridgehead atoms. The Bertz CT molecular complexity index is 1100. The SMILES string of the molecule is CC(C)n1c(SCC(=O)N(C)Cc2c(F)cccc2Cl)nc2ccccc2c1=O. The summed E-state index contributed by atoms with van der Waals surface area (Å²) in [5.74, 6) is -0.596. The van der Waals surface area contributed by atoms with Crippen LogP contribution in [0.4, 0.5) is 4.39 Å². The molecule has 0 aliphatic heterocycles. The van der Waals surface area contributed by atoms with Gasteiger partial charge in [-0.15, -0.1) is 0 Å². The van der Waals surface area contributed by atoms with E-state index >= 15 is 0 Å². The summed E-state index contributed by atoms with van der Waals surface area (Å²) in [5, 5.41) is 1.31. The minimum Gasteiger partial charge on any atom is -0.341 e. The van der Waals surface area contributed by atoms with Gasteiger partial charge < -0.3 is 4.90 Å². The fourth-order valence-corrected chi connectivity index (χ4v) is 4.22. The minimum atomic E-state index is -0.449. The molecule has 152 valence electrons. The third kappa shape index (κ3) is 4.62. The number of hydrogen-bond acceptors (Lipinski definition) is 4. The van der Waals surface area contributed by atoms with E-state index in [0.717, 1.165) is 0 Å². The molecule has 1 aromatic heterocycles. The van der Waals surface area contributed by atoms with Crippen molar-refractivity contribution in [2.45, 2.75) is 31.6 Å². The predicted molar refractivity (Wildman–Crippen MR) is 115 cm³/mol. The number of halogens is 2. The Hall–Kier alpha value is -2.38. The van der Waals surface area contributed by atoms with Crippen LogP contribution in [0.5, 0.6) is 0 Å². The van der Waals surface area contributed by atoms with Crippen LogP contribution in [0, 0.1) is 5.82 Å². The van der Waals surface area contributed by atoms with Crippen molar-refractivity contribution >= 4 is 40.2 Å². The summed E-state index contributed by atoms with van der Waals surface area (Å²) >= 11 is 7.24. The average molecular weight is 434 g/mol. The lowest BCUT2D eigenvalue weighted by atomic mass is 10.2. The van der Waals surface area contributed by atoms with Gasteiger partial charge in [-0.3, -0.25) is 14.2 Å². The Labute approximate surface area is 177 Å². The second kappa shape index (κ2) is 8.97. The largest absolute Gasteiger partial charge is 0.341 e. The molecule has 8 heteroatoms. The first-order chi connectivity index (χ1) is 13.8. The molecule has 0 N–H and O–H groups in total. The molecule has 3 rings (SSSR count). The molecule has 0 unspecified atom stereocenters. The highest BCUT2D eigenvalue weighted by molar-refractivity contribution is 7.99. The van der Waals surface area contributed by atoms with Crippen LogP contribution in [-0.4, -0.2) is 33.2 Å². The molecule has 0 fully saturated rings. The van der Waals surface area contributed by atoms with Crippen LogP contribution in [0.25, 0.3) is 10.9 Å². The summed E-state index contributed by atoms with van der Waals surface area (Å²) in [6.07, 6.45) is 0. The fraction of sp³-hybridized carbons (Fsp3) is 0.286. The van der Waals surface area contributed by atoms with Gasteiger partial charge in [-0.1, -0.05) is 41.6 Å². The molecule has 0 saturated heterocycles. The van der Waals surface area contributed by atoms with Crippen molar-refractivity contribution in [2.24, 2.45) is 0 Å². The molecule has 0 aliphatic carbocycles. The van der Waals surface area contributed by atoms with Crippen molar-refractivity contribution in [3.63, 3.8) is 0 Å². The van der Waals surface area contributed by atoms with Crippen LogP contribution < -0.4 is 5.56 Å². The summed E-state index contributed by atoms with van der Waals surface area (Å²) in [4.78, 5) is 31.4. The first-order valence-electron chi connectivity index (χ1n) is 9.10. The molecule has 0 radical (unpaired) electrons. The Kier molecular flexibility index (Phi) is 6.59.